The number of hydrogen-bond acceptors (Lipinski definition) is 3. The number of nitrogens with two attached hydrogens (primary N) is 1. The van der Waals surface area contributed by atoms with E-state index in [4.69, 9.17) is 5.73 Å². The van der Waals surface area contributed by atoms with Gasteiger partial charge in [-0.15, -0.1) is 0 Å². The third-order valence-electron chi connectivity index (χ3n) is 1.61. The number of rotatable bonds is 1. The van der Waals surface area contributed by atoms with E-state index in [1.165, 1.54) is 11.3 Å². The first-order valence-electron chi connectivity index (χ1n) is 3.73. The summed E-state index contributed by atoms with van der Waals surface area (Å²) in [5.41, 5.74) is 6.69. The average Bonchev–Trinajstić information content (AvgIpc) is 2.53. The van der Waals surface area contributed by atoms with Crippen molar-refractivity contribution in [1.82, 2.24) is 4.98 Å². The van der Waals surface area contributed by atoms with Crippen molar-refractivity contribution in [3.8, 4) is 10.6 Å². The van der Waals surface area contributed by atoms with E-state index in [2.05, 4.69) is 20.9 Å². The third-order valence-corrected chi connectivity index (χ3v) is 3.02. The van der Waals surface area contributed by atoms with Gasteiger partial charge in [-0.25, -0.2) is 4.98 Å². The molecule has 2 aromatic rings. The van der Waals surface area contributed by atoms with Crippen molar-refractivity contribution in [2.75, 3.05) is 5.73 Å². The highest BCUT2D eigenvalue weighted by Crippen LogP contribution is 2.27. The Morgan fingerprint density at radius 1 is 1.23 bits per heavy atom. The molecule has 0 unspecified atom stereocenters. The molecule has 0 aliphatic heterocycles. The molecule has 0 saturated carbocycles. The van der Waals surface area contributed by atoms with Gasteiger partial charge >= 0.3 is 0 Å². The maximum Gasteiger partial charge on any atom is 0.125 e. The van der Waals surface area contributed by atoms with E-state index in [1.54, 1.807) is 6.20 Å². The van der Waals surface area contributed by atoms with E-state index in [-0.39, 0.29) is 0 Å². The van der Waals surface area contributed by atoms with Crippen LogP contribution >= 0.6 is 27.3 Å². The highest BCUT2D eigenvalue weighted by atomic mass is 79.9. The van der Waals surface area contributed by atoms with Gasteiger partial charge in [0.1, 0.15) is 10.0 Å². The number of aromatic nitrogens is 1. The third kappa shape index (κ3) is 1.89. The smallest absolute Gasteiger partial charge is 0.125 e. The van der Waals surface area contributed by atoms with Crippen molar-refractivity contribution >= 4 is 32.3 Å². The molecule has 0 radical (unpaired) electrons. The van der Waals surface area contributed by atoms with Gasteiger partial charge in [-0.05, 0) is 12.1 Å². The Morgan fingerprint density at radius 3 is 2.46 bits per heavy atom. The summed E-state index contributed by atoms with van der Waals surface area (Å²) in [6.07, 6.45) is 1.68. The van der Waals surface area contributed by atoms with Crippen LogP contribution in [0.4, 0.5) is 5.00 Å². The number of hydrogen-bond donors (Lipinski definition) is 1. The molecule has 4 heteroatoms. The molecule has 66 valence electrons. The average molecular weight is 255 g/mol. The van der Waals surface area contributed by atoms with Crippen LogP contribution in [0.3, 0.4) is 0 Å². The summed E-state index contributed by atoms with van der Waals surface area (Å²) in [4.78, 5) is 4.19. The number of nitrogens with zero attached hydrogens (tertiary/aromatic N) is 1. The van der Waals surface area contributed by atoms with Gasteiger partial charge in [0.2, 0.25) is 0 Å². The molecule has 1 aromatic carbocycles. The van der Waals surface area contributed by atoms with Gasteiger partial charge in [-0.2, -0.15) is 0 Å². The molecule has 2 N–H and O–H groups in total. The predicted molar refractivity (Wildman–Crippen MR) is 59.7 cm³/mol. The Bertz CT molecular complexity index is 408. The van der Waals surface area contributed by atoms with E-state index in [0.717, 1.165) is 20.0 Å². The first kappa shape index (κ1) is 8.72. The van der Waals surface area contributed by atoms with Crippen molar-refractivity contribution in [3.63, 3.8) is 0 Å². The van der Waals surface area contributed by atoms with Crippen LogP contribution in [0.5, 0.6) is 0 Å². The summed E-state index contributed by atoms with van der Waals surface area (Å²) >= 11 is 4.88. The molecule has 1 heterocycles. The lowest BCUT2D eigenvalue weighted by Crippen LogP contribution is -1.73. The van der Waals surface area contributed by atoms with Crippen LogP contribution in [0.1, 0.15) is 0 Å². The Labute approximate surface area is 88.6 Å². The molecule has 0 fully saturated rings. The standard InChI is InChI=1S/C9H7BrN2S/c10-7-3-1-6(2-4-7)9-12-5-8(11)13-9/h1-5H,11H2. The molecule has 0 spiro atoms. The van der Waals surface area contributed by atoms with Crippen LogP contribution in [0.15, 0.2) is 34.9 Å². The van der Waals surface area contributed by atoms with Crippen molar-refractivity contribution < 1.29 is 0 Å². The van der Waals surface area contributed by atoms with Gasteiger partial charge in [-0.1, -0.05) is 39.4 Å². The van der Waals surface area contributed by atoms with Gasteiger partial charge < -0.3 is 5.73 Å². The number of benzene rings is 1. The molecular formula is C9H7BrN2S. The summed E-state index contributed by atoms with van der Waals surface area (Å²) in [6, 6.07) is 8.02. The van der Waals surface area contributed by atoms with E-state index in [1.807, 2.05) is 24.3 Å². The second-order valence-corrected chi connectivity index (χ2v) is 4.55. The molecule has 0 aliphatic rings. The van der Waals surface area contributed by atoms with Crippen molar-refractivity contribution in [3.05, 3.63) is 34.9 Å². The lowest BCUT2D eigenvalue weighted by molar-refractivity contribution is 1.41. The van der Waals surface area contributed by atoms with Crippen LogP contribution < -0.4 is 5.73 Å². The maximum absolute atomic E-state index is 5.59. The lowest BCUT2D eigenvalue weighted by atomic mass is 10.2. The minimum absolute atomic E-state index is 0.748. The number of halogens is 1. The van der Waals surface area contributed by atoms with E-state index in [0.29, 0.717) is 0 Å². The summed E-state index contributed by atoms with van der Waals surface area (Å²) in [5.74, 6) is 0. The molecule has 2 rings (SSSR count). The second kappa shape index (κ2) is 3.47. The van der Waals surface area contributed by atoms with Gasteiger partial charge in [-0.3, -0.25) is 0 Å². The predicted octanol–water partition coefficient (Wildman–Crippen LogP) is 3.15. The highest BCUT2D eigenvalue weighted by molar-refractivity contribution is 9.10. The van der Waals surface area contributed by atoms with Crippen molar-refractivity contribution in [2.24, 2.45) is 0 Å². The van der Waals surface area contributed by atoms with Crippen LogP contribution in [-0.2, 0) is 0 Å². The summed E-state index contributed by atoms with van der Waals surface area (Å²) in [7, 11) is 0. The zero-order valence-electron chi connectivity index (χ0n) is 6.70. The lowest BCUT2D eigenvalue weighted by Gasteiger charge is -1.94. The fraction of sp³-hybridized carbons (Fsp3) is 0. The Hall–Kier alpha value is -0.870. The fourth-order valence-electron chi connectivity index (χ4n) is 1.01. The molecule has 13 heavy (non-hydrogen) atoms. The SMILES string of the molecule is Nc1cnc(-c2ccc(Br)cc2)s1. The highest BCUT2D eigenvalue weighted by Gasteiger charge is 2.01. The van der Waals surface area contributed by atoms with E-state index < -0.39 is 0 Å². The van der Waals surface area contributed by atoms with Crippen LogP contribution in [0.25, 0.3) is 10.6 Å². The number of anilines is 1. The largest absolute Gasteiger partial charge is 0.389 e. The molecule has 0 bridgehead atoms. The maximum atomic E-state index is 5.59. The fourth-order valence-corrected chi connectivity index (χ4v) is 1.96. The number of nitrogen functional groups attached to an aromatic ring is 1. The quantitative estimate of drug-likeness (QED) is 0.850. The molecule has 0 aliphatic carbocycles. The molecule has 0 saturated heterocycles. The first-order chi connectivity index (χ1) is 6.25. The zero-order chi connectivity index (χ0) is 9.26. The molecule has 0 atom stereocenters. The Kier molecular flexibility index (Phi) is 2.33. The number of thiazole rings is 1. The van der Waals surface area contributed by atoms with Crippen molar-refractivity contribution in [1.29, 1.82) is 0 Å². The van der Waals surface area contributed by atoms with E-state index in [9.17, 15) is 0 Å². The topological polar surface area (TPSA) is 38.9 Å². The summed E-state index contributed by atoms with van der Waals surface area (Å²) < 4.78 is 1.07. The summed E-state index contributed by atoms with van der Waals surface area (Å²) in [6.45, 7) is 0. The van der Waals surface area contributed by atoms with Crippen LogP contribution in [0, 0.1) is 0 Å². The van der Waals surface area contributed by atoms with Crippen LogP contribution in [0.2, 0.25) is 0 Å². The monoisotopic (exact) mass is 254 g/mol. The van der Waals surface area contributed by atoms with Gasteiger partial charge in [0, 0.05) is 10.0 Å². The zero-order valence-corrected chi connectivity index (χ0v) is 9.10. The summed E-state index contributed by atoms with van der Waals surface area (Å²) in [5, 5.41) is 1.71. The van der Waals surface area contributed by atoms with E-state index >= 15 is 0 Å². The minimum atomic E-state index is 0.748. The Balaban J connectivity index is 2.41. The molecular weight excluding hydrogens is 248 g/mol. The molecule has 0 amide bonds. The first-order valence-corrected chi connectivity index (χ1v) is 5.34. The second-order valence-electron chi connectivity index (χ2n) is 2.57. The molecule has 1 aromatic heterocycles. The Morgan fingerprint density at radius 2 is 1.92 bits per heavy atom. The minimum Gasteiger partial charge on any atom is -0.389 e. The normalized spacial score (nSPS) is 10.2. The molecule has 2 nitrogen and oxygen atoms in total. The van der Waals surface area contributed by atoms with Gasteiger partial charge in [0.15, 0.2) is 0 Å². The van der Waals surface area contributed by atoms with Gasteiger partial charge in [0.25, 0.3) is 0 Å². The van der Waals surface area contributed by atoms with Gasteiger partial charge in [0.05, 0.1) is 6.20 Å². The van der Waals surface area contributed by atoms with Crippen molar-refractivity contribution in [2.45, 2.75) is 0 Å². The van der Waals surface area contributed by atoms with Crippen LogP contribution in [-0.4, -0.2) is 4.98 Å².